The van der Waals surface area contributed by atoms with Gasteiger partial charge in [-0.3, -0.25) is 14.9 Å². The third-order valence-corrected chi connectivity index (χ3v) is 2.71. The van der Waals surface area contributed by atoms with Crippen LogP contribution in [0.25, 0.3) is 0 Å². The summed E-state index contributed by atoms with van der Waals surface area (Å²) in [5, 5.41) is 16.7. The number of rotatable bonds is 8. The normalized spacial score (nSPS) is 10.0. The highest BCUT2D eigenvalue weighted by Gasteiger charge is 2.15. The molecule has 0 aliphatic heterocycles. The lowest BCUT2D eigenvalue weighted by atomic mass is 10.3. The van der Waals surface area contributed by atoms with Crippen LogP contribution in [0.2, 0.25) is 0 Å². The van der Waals surface area contributed by atoms with Gasteiger partial charge in [0.15, 0.2) is 0 Å². The van der Waals surface area contributed by atoms with Crippen LogP contribution in [0.1, 0.15) is 20.3 Å². The number of nitrogens with zero attached hydrogens (tertiary/aromatic N) is 3. The predicted molar refractivity (Wildman–Crippen MR) is 81.6 cm³/mol. The van der Waals surface area contributed by atoms with E-state index in [0.717, 1.165) is 6.42 Å². The van der Waals surface area contributed by atoms with Crippen LogP contribution in [0.3, 0.4) is 0 Å². The van der Waals surface area contributed by atoms with Crippen molar-refractivity contribution in [2.45, 2.75) is 20.3 Å². The van der Waals surface area contributed by atoms with E-state index in [9.17, 15) is 14.9 Å². The SMILES string of the molecule is CCCNc1cc([N+](=O)[O-])cc(N(C)CC(=O)NCC)n1. The van der Waals surface area contributed by atoms with Gasteiger partial charge >= 0.3 is 0 Å². The van der Waals surface area contributed by atoms with Gasteiger partial charge in [0.25, 0.3) is 5.69 Å². The monoisotopic (exact) mass is 295 g/mol. The summed E-state index contributed by atoms with van der Waals surface area (Å²) in [6.45, 7) is 5.13. The van der Waals surface area contributed by atoms with Gasteiger partial charge in [0.2, 0.25) is 5.91 Å². The van der Waals surface area contributed by atoms with E-state index in [4.69, 9.17) is 0 Å². The Balaban J connectivity index is 2.95. The largest absolute Gasteiger partial charge is 0.370 e. The number of anilines is 2. The molecule has 0 fully saturated rings. The Labute approximate surface area is 123 Å². The average Bonchev–Trinajstić information content (AvgIpc) is 2.44. The van der Waals surface area contributed by atoms with Gasteiger partial charge < -0.3 is 15.5 Å². The van der Waals surface area contributed by atoms with Gasteiger partial charge in [0.05, 0.1) is 23.6 Å². The summed E-state index contributed by atoms with van der Waals surface area (Å²) in [5.74, 6) is 0.661. The molecule has 8 heteroatoms. The second-order valence-electron chi connectivity index (χ2n) is 4.56. The average molecular weight is 295 g/mol. The Morgan fingerprint density at radius 3 is 2.71 bits per heavy atom. The zero-order chi connectivity index (χ0) is 15.8. The maximum absolute atomic E-state index is 11.6. The van der Waals surface area contributed by atoms with Crippen molar-refractivity contribution in [1.82, 2.24) is 10.3 Å². The van der Waals surface area contributed by atoms with Gasteiger partial charge in [-0.05, 0) is 13.3 Å². The van der Waals surface area contributed by atoms with Gasteiger partial charge in [-0.15, -0.1) is 0 Å². The van der Waals surface area contributed by atoms with Gasteiger partial charge in [0.1, 0.15) is 11.6 Å². The molecule has 116 valence electrons. The van der Waals surface area contributed by atoms with E-state index < -0.39 is 4.92 Å². The van der Waals surface area contributed by atoms with Crippen molar-refractivity contribution in [2.24, 2.45) is 0 Å². The van der Waals surface area contributed by atoms with Crippen LogP contribution in [-0.2, 0) is 4.79 Å². The molecule has 1 amide bonds. The molecule has 0 radical (unpaired) electrons. The van der Waals surface area contributed by atoms with Crippen molar-refractivity contribution >= 4 is 23.2 Å². The van der Waals surface area contributed by atoms with Gasteiger partial charge in [-0.1, -0.05) is 6.92 Å². The fourth-order valence-electron chi connectivity index (χ4n) is 1.70. The molecule has 0 unspecified atom stereocenters. The third kappa shape index (κ3) is 5.25. The van der Waals surface area contributed by atoms with Gasteiger partial charge in [-0.2, -0.15) is 0 Å². The zero-order valence-corrected chi connectivity index (χ0v) is 12.5. The molecule has 0 aliphatic rings. The molecule has 21 heavy (non-hydrogen) atoms. The summed E-state index contributed by atoms with van der Waals surface area (Å²) in [4.78, 5) is 28.0. The van der Waals surface area contributed by atoms with Crippen molar-refractivity contribution in [1.29, 1.82) is 0 Å². The van der Waals surface area contributed by atoms with Crippen LogP contribution < -0.4 is 15.5 Å². The number of nitro groups is 1. The van der Waals surface area contributed by atoms with Crippen LogP contribution in [0.15, 0.2) is 12.1 Å². The minimum absolute atomic E-state index is 0.0543. The number of carbonyl (C=O) groups excluding carboxylic acids is 1. The quantitative estimate of drug-likeness (QED) is 0.555. The third-order valence-electron chi connectivity index (χ3n) is 2.71. The number of likely N-dealkylation sites (N-methyl/N-ethyl adjacent to an activating group) is 2. The van der Waals surface area contributed by atoms with Crippen LogP contribution in [0.5, 0.6) is 0 Å². The Morgan fingerprint density at radius 2 is 2.14 bits per heavy atom. The maximum atomic E-state index is 11.6. The molecular formula is C13H21N5O3. The van der Waals surface area contributed by atoms with Gasteiger partial charge in [0, 0.05) is 20.1 Å². The zero-order valence-electron chi connectivity index (χ0n) is 12.5. The molecular weight excluding hydrogens is 274 g/mol. The molecule has 0 saturated carbocycles. The molecule has 0 atom stereocenters. The molecule has 8 nitrogen and oxygen atoms in total. The summed E-state index contributed by atoms with van der Waals surface area (Å²) >= 11 is 0. The van der Waals surface area contributed by atoms with E-state index in [2.05, 4.69) is 15.6 Å². The van der Waals surface area contributed by atoms with Crippen molar-refractivity contribution in [3.05, 3.63) is 22.2 Å². The Kier molecular flexibility index (Phi) is 6.38. The summed E-state index contributed by atoms with van der Waals surface area (Å²) in [6.07, 6.45) is 0.883. The molecule has 0 aromatic carbocycles. The smallest absolute Gasteiger partial charge is 0.276 e. The molecule has 0 saturated heterocycles. The maximum Gasteiger partial charge on any atom is 0.276 e. The minimum atomic E-state index is -0.470. The highest BCUT2D eigenvalue weighted by molar-refractivity contribution is 5.81. The van der Waals surface area contributed by atoms with E-state index >= 15 is 0 Å². The number of nitrogens with one attached hydrogen (secondary N) is 2. The fraction of sp³-hybridized carbons (Fsp3) is 0.538. The summed E-state index contributed by atoms with van der Waals surface area (Å²) < 4.78 is 0. The lowest BCUT2D eigenvalue weighted by Gasteiger charge is -2.18. The Morgan fingerprint density at radius 1 is 1.43 bits per heavy atom. The topological polar surface area (TPSA) is 100 Å². The van der Waals surface area contributed by atoms with E-state index in [0.29, 0.717) is 24.7 Å². The van der Waals surface area contributed by atoms with Gasteiger partial charge in [-0.25, -0.2) is 4.98 Å². The second-order valence-corrected chi connectivity index (χ2v) is 4.56. The summed E-state index contributed by atoms with van der Waals surface area (Å²) in [7, 11) is 1.67. The molecule has 1 aromatic rings. The van der Waals surface area contributed by atoms with E-state index in [-0.39, 0.29) is 18.1 Å². The van der Waals surface area contributed by atoms with Crippen LogP contribution >= 0.6 is 0 Å². The van der Waals surface area contributed by atoms with Crippen molar-refractivity contribution in [2.75, 3.05) is 36.9 Å². The highest BCUT2D eigenvalue weighted by atomic mass is 16.6. The fourth-order valence-corrected chi connectivity index (χ4v) is 1.70. The Hall–Kier alpha value is -2.38. The van der Waals surface area contributed by atoms with Crippen LogP contribution in [0.4, 0.5) is 17.3 Å². The lowest BCUT2D eigenvalue weighted by Crippen LogP contribution is -2.35. The van der Waals surface area contributed by atoms with Crippen LogP contribution in [0, 0.1) is 10.1 Å². The number of hydrogen-bond donors (Lipinski definition) is 2. The summed E-state index contributed by atoms with van der Waals surface area (Å²) in [6, 6.07) is 2.75. The number of pyridine rings is 1. The Bertz CT molecular complexity index is 507. The van der Waals surface area contributed by atoms with E-state index in [1.807, 2.05) is 13.8 Å². The van der Waals surface area contributed by atoms with E-state index in [1.165, 1.54) is 12.1 Å². The number of hydrogen-bond acceptors (Lipinski definition) is 6. The lowest BCUT2D eigenvalue weighted by molar-refractivity contribution is -0.384. The molecule has 1 aromatic heterocycles. The highest BCUT2D eigenvalue weighted by Crippen LogP contribution is 2.22. The van der Waals surface area contributed by atoms with Crippen LogP contribution in [-0.4, -0.2) is 42.5 Å². The first-order chi connectivity index (χ1) is 9.97. The molecule has 1 rings (SSSR count). The second kappa shape index (κ2) is 8.03. The standard InChI is InChI=1S/C13H21N5O3/c1-4-6-15-11-7-10(18(20)21)8-12(16-11)17(3)9-13(19)14-5-2/h7-8H,4-6,9H2,1-3H3,(H,14,19)(H,15,16). The first kappa shape index (κ1) is 16.7. The molecule has 0 aliphatic carbocycles. The number of amides is 1. The first-order valence-electron chi connectivity index (χ1n) is 6.86. The van der Waals surface area contributed by atoms with Crippen molar-refractivity contribution < 1.29 is 9.72 Å². The number of carbonyl (C=O) groups is 1. The summed E-state index contributed by atoms with van der Waals surface area (Å²) in [5.41, 5.74) is -0.0543. The number of aromatic nitrogens is 1. The van der Waals surface area contributed by atoms with E-state index in [1.54, 1.807) is 11.9 Å². The minimum Gasteiger partial charge on any atom is -0.370 e. The van der Waals surface area contributed by atoms with Crippen molar-refractivity contribution in [3.8, 4) is 0 Å². The molecule has 0 spiro atoms. The first-order valence-corrected chi connectivity index (χ1v) is 6.86. The predicted octanol–water partition coefficient (Wildman–Crippen LogP) is 1.38. The molecule has 0 bridgehead atoms. The molecule has 1 heterocycles. The van der Waals surface area contributed by atoms with Crippen molar-refractivity contribution in [3.63, 3.8) is 0 Å². The molecule has 2 N–H and O–H groups in total.